The van der Waals surface area contributed by atoms with Crippen molar-refractivity contribution in [1.29, 1.82) is 0 Å². The van der Waals surface area contributed by atoms with Crippen molar-refractivity contribution in [1.82, 2.24) is 14.7 Å². The molecule has 2 aliphatic rings. The summed E-state index contributed by atoms with van der Waals surface area (Å²) in [5, 5.41) is 0. The molecule has 2 fully saturated rings. The van der Waals surface area contributed by atoms with Gasteiger partial charge in [0, 0.05) is 26.2 Å². The molecular formula is C13H23N3O2. The summed E-state index contributed by atoms with van der Waals surface area (Å²) >= 11 is 0. The summed E-state index contributed by atoms with van der Waals surface area (Å²) in [6, 6.07) is 0.222. The zero-order chi connectivity index (χ0) is 13.1. The lowest BCUT2D eigenvalue weighted by molar-refractivity contribution is -0.152. The first-order valence-corrected chi connectivity index (χ1v) is 6.84. The van der Waals surface area contributed by atoms with Gasteiger partial charge in [0.05, 0.1) is 0 Å². The van der Waals surface area contributed by atoms with E-state index in [-0.39, 0.29) is 17.9 Å². The second-order valence-corrected chi connectivity index (χ2v) is 5.45. The zero-order valence-electron chi connectivity index (χ0n) is 11.4. The topological polar surface area (TPSA) is 43.9 Å². The normalized spacial score (nSPS) is 22.2. The van der Waals surface area contributed by atoms with E-state index in [0.717, 1.165) is 51.9 Å². The molecule has 2 saturated heterocycles. The maximum atomic E-state index is 12.1. The molecule has 102 valence electrons. The van der Waals surface area contributed by atoms with Crippen molar-refractivity contribution in [3.05, 3.63) is 0 Å². The molecule has 2 heterocycles. The molecular weight excluding hydrogens is 230 g/mol. The van der Waals surface area contributed by atoms with Crippen molar-refractivity contribution in [2.75, 3.05) is 40.3 Å². The van der Waals surface area contributed by atoms with E-state index in [9.17, 15) is 9.59 Å². The Balaban J connectivity index is 1.89. The highest BCUT2D eigenvalue weighted by Crippen LogP contribution is 2.16. The standard InChI is InChI=1S/C13H23N3O2/c1-14-9-5-11(6-10-14)15(2)12(17)13(18)16-7-3-4-8-16/h11H,3-10H2,1-2H3. The van der Waals surface area contributed by atoms with Gasteiger partial charge in [0.15, 0.2) is 0 Å². The average molecular weight is 253 g/mol. The van der Waals surface area contributed by atoms with Crippen LogP contribution in [0.2, 0.25) is 0 Å². The summed E-state index contributed by atoms with van der Waals surface area (Å²) in [6.45, 7) is 3.48. The van der Waals surface area contributed by atoms with Crippen LogP contribution < -0.4 is 0 Å². The monoisotopic (exact) mass is 253 g/mol. The van der Waals surface area contributed by atoms with E-state index in [4.69, 9.17) is 0 Å². The quantitative estimate of drug-likeness (QED) is 0.625. The summed E-state index contributed by atoms with van der Waals surface area (Å²) in [5.74, 6) is -0.639. The molecule has 2 amide bonds. The predicted molar refractivity (Wildman–Crippen MR) is 69.1 cm³/mol. The van der Waals surface area contributed by atoms with Gasteiger partial charge in [-0.25, -0.2) is 0 Å². The summed E-state index contributed by atoms with van der Waals surface area (Å²) in [7, 11) is 3.86. The molecule has 0 aliphatic carbocycles. The number of likely N-dealkylation sites (tertiary alicyclic amines) is 2. The number of carbonyl (C=O) groups is 2. The van der Waals surface area contributed by atoms with Crippen LogP contribution in [0.1, 0.15) is 25.7 Å². The van der Waals surface area contributed by atoms with Crippen molar-refractivity contribution in [3.63, 3.8) is 0 Å². The first-order valence-electron chi connectivity index (χ1n) is 6.84. The minimum Gasteiger partial charge on any atom is -0.334 e. The van der Waals surface area contributed by atoms with E-state index >= 15 is 0 Å². The molecule has 0 bridgehead atoms. The molecule has 0 spiro atoms. The van der Waals surface area contributed by atoms with Crippen LogP contribution in [-0.2, 0) is 9.59 Å². The van der Waals surface area contributed by atoms with Gasteiger partial charge in [-0.3, -0.25) is 9.59 Å². The maximum Gasteiger partial charge on any atom is 0.312 e. The van der Waals surface area contributed by atoms with Crippen molar-refractivity contribution in [2.45, 2.75) is 31.7 Å². The molecule has 0 aromatic rings. The molecule has 0 saturated carbocycles. The fourth-order valence-electron chi connectivity index (χ4n) is 2.75. The Kier molecular flexibility index (Phi) is 4.22. The molecule has 0 N–H and O–H groups in total. The number of rotatable bonds is 1. The number of amides is 2. The third kappa shape index (κ3) is 2.83. The molecule has 0 aromatic carbocycles. The molecule has 0 unspecified atom stereocenters. The summed E-state index contributed by atoms with van der Waals surface area (Å²) in [4.78, 5) is 29.8. The van der Waals surface area contributed by atoms with Gasteiger partial charge in [0.1, 0.15) is 0 Å². The number of hydrogen-bond acceptors (Lipinski definition) is 3. The van der Waals surface area contributed by atoms with Gasteiger partial charge >= 0.3 is 11.8 Å². The highest BCUT2D eigenvalue weighted by atomic mass is 16.2. The lowest BCUT2D eigenvalue weighted by atomic mass is 10.0. The highest BCUT2D eigenvalue weighted by Gasteiger charge is 2.31. The summed E-state index contributed by atoms with van der Waals surface area (Å²) < 4.78 is 0. The number of piperidine rings is 1. The highest BCUT2D eigenvalue weighted by molar-refractivity contribution is 6.34. The van der Waals surface area contributed by atoms with E-state index in [0.29, 0.717) is 0 Å². The SMILES string of the molecule is CN1CCC(N(C)C(=O)C(=O)N2CCCC2)CC1. The Bertz CT molecular complexity index is 318. The van der Waals surface area contributed by atoms with E-state index in [1.54, 1.807) is 16.8 Å². The van der Waals surface area contributed by atoms with Gasteiger partial charge in [-0.2, -0.15) is 0 Å². The molecule has 2 rings (SSSR count). The van der Waals surface area contributed by atoms with E-state index < -0.39 is 0 Å². The third-order valence-corrected chi connectivity index (χ3v) is 4.13. The Morgan fingerprint density at radius 2 is 1.61 bits per heavy atom. The van der Waals surface area contributed by atoms with Crippen LogP contribution in [0.25, 0.3) is 0 Å². The zero-order valence-corrected chi connectivity index (χ0v) is 11.4. The first kappa shape index (κ1) is 13.3. The Morgan fingerprint density at radius 3 is 2.17 bits per heavy atom. The molecule has 0 aromatic heterocycles. The fraction of sp³-hybridized carbons (Fsp3) is 0.846. The molecule has 5 heteroatoms. The van der Waals surface area contributed by atoms with Crippen molar-refractivity contribution in [2.24, 2.45) is 0 Å². The molecule has 0 radical (unpaired) electrons. The fourth-order valence-corrected chi connectivity index (χ4v) is 2.75. The first-order chi connectivity index (χ1) is 8.59. The smallest absolute Gasteiger partial charge is 0.312 e. The van der Waals surface area contributed by atoms with Crippen molar-refractivity contribution >= 4 is 11.8 Å². The average Bonchev–Trinajstić information content (AvgIpc) is 2.91. The van der Waals surface area contributed by atoms with E-state index in [1.165, 1.54) is 0 Å². The van der Waals surface area contributed by atoms with Gasteiger partial charge in [-0.05, 0) is 45.8 Å². The summed E-state index contributed by atoms with van der Waals surface area (Å²) in [6.07, 6.45) is 3.98. The lowest BCUT2D eigenvalue weighted by Crippen LogP contribution is -2.49. The largest absolute Gasteiger partial charge is 0.334 e. The Morgan fingerprint density at radius 1 is 1.06 bits per heavy atom. The van der Waals surface area contributed by atoms with Crippen molar-refractivity contribution < 1.29 is 9.59 Å². The van der Waals surface area contributed by atoms with Gasteiger partial charge in [0.25, 0.3) is 0 Å². The van der Waals surface area contributed by atoms with Crippen LogP contribution in [0.15, 0.2) is 0 Å². The summed E-state index contributed by atoms with van der Waals surface area (Å²) in [5.41, 5.74) is 0. The second kappa shape index (κ2) is 5.69. The van der Waals surface area contributed by atoms with Gasteiger partial charge in [-0.1, -0.05) is 0 Å². The van der Waals surface area contributed by atoms with Crippen LogP contribution in [0.5, 0.6) is 0 Å². The van der Waals surface area contributed by atoms with Crippen LogP contribution in [-0.4, -0.2) is 72.8 Å². The van der Waals surface area contributed by atoms with Crippen LogP contribution in [0, 0.1) is 0 Å². The molecule has 0 atom stereocenters. The maximum absolute atomic E-state index is 12.1. The predicted octanol–water partition coefficient (Wildman–Crippen LogP) is 0.161. The van der Waals surface area contributed by atoms with E-state index in [1.807, 2.05) is 0 Å². The molecule has 5 nitrogen and oxygen atoms in total. The second-order valence-electron chi connectivity index (χ2n) is 5.45. The van der Waals surface area contributed by atoms with Crippen LogP contribution in [0.3, 0.4) is 0 Å². The third-order valence-electron chi connectivity index (χ3n) is 4.13. The number of nitrogens with zero attached hydrogens (tertiary/aromatic N) is 3. The van der Waals surface area contributed by atoms with Crippen LogP contribution in [0.4, 0.5) is 0 Å². The lowest BCUT2D eigenvalue weighted by Gasteiger charge is -2.35. The van der Waals surface area contributed by atoms with Gasteiger partial charge in [-0.15, -0.1) is 0 Å². The molecule has 18 heavy (non-hydrogen) atoms. The Hall–Kier alpha value is -1.10. The van der Waals surface area contributed by atoms with E-state index in [2.05, 4.69) is 11.9 Å². The number of carbonyl (C=O) groups excluding carboxylic acids is 2. The van der Waals surface area contributed by atoms with Crippen LogP contribution >= 0.6 is 0 Å². The van der Waals surface area contributed by atoms with Gasteiger partial charge in [0.2, 0.25) is 0 Å². The minimum atomic E-state index is -0.327. The minimum absolute atomic E-state index is 0.222. The molecule has 2 aliphatic heterocycles. The Labute approximate surface area is 109 Å². The number of likely N-dealkylation sites (N-methyl/N-ethyl adjacent to an activating group) is 1. The van der Waals surface area contributed by atoms with Crippen molar-refractivity contribution in [3.8, 4) is 0 Å². The van der Waals surface area contributed by atoms with Gasteiger partial charge < -0.3 is 14.7 Å². The number of hydrogen-bond donors (Lipinski definition) is 0.